The maximum Gasteiger partial charge on any atom is 0.255 e. The minimum atomic E-state index is -0.137. The maximum atomic E-state index is 12.3. The van der Waals surface area contributed by atoms with Crippen LogP contribution in [0.4, 0.5) is 5.82 Å². The van der Waals surface area contributed by atoms with Crippen molar-refractivity contribution in [2.75, 3.05) is 11.9 Å². The van der Waals surface area contributed by atoms with Gasteiger partial charge in [0.15, 0.2) is 0 Å². The van der Waals surface area contributed by atoms with Gasteiger partial charge >= 0.3 is 0 Å². The van der Waals surface area contributed by atoms with Crippen molar-refractivity contribution in [1.82, 2.24) is 20.1 Å². The van der Waals surface area contributed by atoms with Crippen molar-refractivity contribution >= 4 is 11.7 Å². The SMILES string of the molecule is CCNc1ncccc1C(=O)NCc1c(C)nn(C)c1C. The molecule has 2 heterocycles. The molecule has 0 saturated heterocycles. The molecule has 0 atom stereocenters. The van der Waals surface area contributed by atoms with Gasteiger partial charge in [0.25, 0.3) is 5.91 Å². The number of pyridine rings is 1. The lowest BCUT2D eigenvalue weighted by molar-refractivity contribution is 0.0951. The zero-order valence-electron chi connectivity index (χ0n) is 12.9. The smallest absolute Gasteiger partial charge is 0.255 e. The van der Waals surface area contributed by atoms with E-state index in [0.717, 1.165) is 23.5 Å². The molecule has 0 radical (unpaired) electrons. The van der Waals surface area contributed by atoms with Crippen molar-refractivity contribution in [3.63, 3.8) is 0 Å². The largest absolute Gasteiger partial charge is 0.370 e. The molecular weight excluding hydrogens is 266 g/mol. The van der Waals surface area contributed by atoms with E-state index in [9.17, 15) is 4.79 Å². The summed E-state index contributed by atoms with van der Waals surface area (Å²) in [7, 11) is 1.90. The predicted octanol–water partition coefficient (Wildman–Crippen LogP) is 1.79. The first-order chi connectivity index (χ1) is 10.0. The summed E-state index contributed by atoms with van der Waals surface area (Å²) >= 11 is 0. The second-order valence-corrected chi connectivity index (χ2v) is 4.89. The van der Waals surface area contributed by atoms with Crippen LogP contribution in [0.5, 0.6) is 0 Å². The van der Waals surface area contributed by atoms with Crippen LogP contribution in [0.15, 0.2) is 18.3 Å². The molecule has 21 heavy (non-hydrogen) atoms. The highest BCUT2D eigenvalue weighted by Gasteiger charge is 2.14. The van der Waals surface area contributed by atoms with Crippen LogP contribution in [0.2, 0.25) is 0 Å². The van der Waals surface area contributed by atoms with Crippen molar-refractivity contribution < 1.29 is 4.79 Å². The number of aryl methyl sites for hydroxylation is 2. The number of aromatic nitrogens is 3. The molecule has 112 valence electrons. The molecule has 0 fully saturated rings. The minimum Gasteiger partial charge on any atom is -0.370 e. The van der Waals surface area contributed by atoms with Crippen molar-refractivity contribution in [1.29, 1.82) is 0 Å². The van der Waals surface area contributed by atoms with E-state index in [1.807, 2.05) is 32.5 Å². The highest BCUT2D eigenvalue weighted by Crippen LogP contribution is 2.14. The number of amides is 1. The van der Waals surface area contributed by atoms with Crippen LogP contribution in [0.3, 0.4) is 0 Å². The molecule has 0 saturated carbocycles. The summed E-state index contributed by atoms with van der Waals surface area (Å²) in [6.45, 7) is 7.10. The summed E-state index contributed by atoms with van der Waals surface area (Å²) in [6, 6.07) is 3.53. The summed E-state index contributed by atoms with van der Waals surface area (Å²) in [5.41, 5.74) is 3.61. The fourth-order valence-corrected chi connectivity index (χ4v) is 2.23. The molecule has 0 spiro atoms. The fourth-order valence-electron chi connectivity index (χ4n) is 2.23. The molecule has 2 rings (SSSR count). The summed E-state index contributed by atoms with van der Waals surface area (Å²) in [5, 5.41) is 10.4. The molecular formula is C15H21N5O. The van der Waals surface area contributed by atoms with E-state index in [0.29, 0.717) is 17.9 Å². The minimum absolute atomic E-state index is 0.137. The Morgan fingerprint density at radius 2 is 2.14 bits per heavy atom. The zero-order chi connectivity index (χ0) is 15.4. The summed E-state index contributed by atoms with van der Waals surface area (Å²) in [6.07, 6.45) is 1.67. The number of hydrogen-bond donors (Lipinski definition) is 2. The lowest BCUT2D eigenvalue weighted by Crippen LogP contribution is -2.25. The number of nitrogens with one attached hydrogen (secondary N) is 2. The molecule has 1 amide bonds. The van der Waals surface area contributed by atoms with Gasteiger partial charge in [0.05, 0.1) is 11.3 Å². The van der Waals surface area contributed by atoms with Crippen molar-refractivity contribution in [2.45, 2.75) is 27.3 Å². The van der Waals surface area contributed by atoms with Crippen molar-refractivity contribution in [3.8, 4) is 0 Å². The molecule has 0 bridgehead atoms. The topological polar surface area (TPSA) is 71.8 Å². The van der Waals surface area contributed by atoms with Gasteiger partial charge in [0, 0.05) is 37.6 Å². The average molecular weight is 287 g/mol. The van der Waals surface area contributed by atoms with E-state index in [4.69, 9.17) is 0 Å². The van der Waals surface area contributed by atoms with Gasteiger partial charge in [-0.3, -0.25) is 9.48 Å². The molecule has 6 heteroatoms. The van der Waals surface area contributed by atoms with Crippen LogP contribution in [-0.4, -0.2) is 27.2 Å². The van der Waals surface area contributed by atoms with E-state index >= 15 is 0 Å². The predicted molar refractivity (Wildman–Crippen MR) is 82.3 cm³/mol. The third-order valence-electron chi connectivity index (χ3n) is 3.48. The lowest BCUT2D eigenvalue weighted by Gasteiger charge is -2.10. The molecule has 6 nitrogen and oxygen atoms in total. The highest BCUT2D eigenvalue weighted by atomic mass is 16.1. The van der Waals surface area contributed by atoms with Crippen LogP contribution in [0.1, 0.15) is 34.2 Å². The van der Waals surface area contributed by atoms with Crippen LogP contribution >= 0.6 is 0 Å². The van der Waals surface area contributed by atoms with Crippen molar-refractivity contribution in [3.05, 3.63) is 40.8 Å². The van der Waals surface area contributed by atoms with E-state index < -0.39 is 0 Å². The first kappa shape index (κ1) is 15.0. The molecule has 0 aromatic carbocycles. The Labute approximate surface area is 124 Å². The molecule has 2 aromatic heterocycles. The van der Waals surface area contributed by atoms with Crippen LogP contribution in [0, 0.1) is 13.8 Å². The quantitative estimate of drug-likeness (QED) is 0.879. The summed E-state index contributed by atoms with van der Waals surface area (Å²) in [4.78, 5) is 16.5. The van der Waals surface area contributed by atoms with Gasteiger partial charge < -0.3 is 10.6 Å². The Bertz CT molecular complexity index is 648. The summed E-state index contributed by atoms with van der Waals surface area (Å²) < 4.78 is 1.82. The van der Waals surface area contributed by atoms with Gasteiger partial charge in [-0.15, -0.1) is 0 Å². The zero-order valence-corrected chi connectivity index (χ0v) is 12.9. The lowest BCUT2D eigenvalue weighted by atomic mass is 10.2. The first-order valence-corrected chi connectivity index (χ1v) is 7.00. The van der Waals surface area contributed by atoms with E-state index in [-0.39, 0.29) is 5.91 Å². The monoisotopic (exact) mass is 287 g/mol. The average Bonchev–Trinajstić information content (AvgIpc) is 2.71. The number of nitrogens with zero attached hydrogens (tertiary/aromatic N) is 3. The second kappa shape index (κ2) is 6.39. The molecule has 0 aliphatic carbocycles. The van der Waals surface area contributed by atoms with Crippen LogP contribution in [0.25, 0.3) is 0 Å². The molecule has 2 N–H and O–H groups in total. The van der Waals surface area contributed by atoms with Crippen LogP contribution < -0.4 is 10.6 Å². The first-order valence-electron chi connectivity index (χ1n) is 7.00. The normalized spacial score (nSPS) is 10.5. The van der Waals surface area contributed by atoms with Crippen molar-refractivity contribution in [2.24, 2.45) is 7.05 Å². The van der Waals surface area contributed by atoms with E-state index in [2.05, 4.69) is 20.7 Å². The van der Waals surface area contributed by atoms with Gasteiger partial charge in [-0.25, -0.2) is 4.98 Å². The Kier molecular flexibility index (Phi) is 4.57. The van der Waals surface area contributed by atoms with Gasteiger partial charge in [-0.1, -0.05) is 0 Å². The van der Waals surface area contributed by atoms with Gasteiger partial charge in [-0.05, 0) is 32.9 Å². The number of carbonyl (C=O) groups excluding carboxylic acids is 1. The van der Waals surface area contributed by atoms with E-state index in [1.54, 1.807) is 18.3 Å². The number of rotatable bonds is 5. The Morgan fingerprint density at radius 1 is 1.38 bits per heavy atom. The molecule has 0 aliphatic rings. The Hall–Kier alpha value is -2.37. The number of carbonyl (C=O) groups is 1. The standard InChI is InChI=1S/C15H21N5O/c1-5-16-14-12(7-6-8-17-14)15(21)18-9-13-10(2)19-20(4)11(13)3/h6-8H,5,9H2,1-4H3,(H,16,17)(H,18,21). The maximum absolute atomic E-state index is 12.3. The Balaban J connectivity index is 2.12. The third-order valence-corrected chi connectivity index (χ3v) is 3.48. The highest BCUT2D eigenvalue weighted by molar-refractivity contribution is 5.98. The second-order valence-electron chi connectivity index (χ2n) is 4.89. The fraction of sp³-hybridized carbons (Fsp3) is 0.400. The van der Waals surface area contributed by atoms with Crippen LogP contribution in [-0.2, 0) is 13.6 Å². The van der Waals surface area contributed by atoms with E-state index in [1.165, 1.54) is 0 Å². The molecule has 2 aromatic rings. The van der Waals surface area contributed by atoms with Gasteiger partial charge in [0.2, 0.25) is 0 Å². The Morgan fingerprint density at radius 3 is 2.76 bits per heavy atom. The molecule has 0 aliphatic heterocycles. The molecule has 0 unspecified atom stereocenters. The number of anilines is 1. The van der Waals surface area contributed by atoms with Gasteiger partial charge in [-0.2, -0.15) is 5.10 Å². The number of hydrogen-bond acceptors (Lipinski definition) is 4. The summed E-state index contributed by atoms with van der Waals surface area (Å²) in [5.74, 6) is 0.471. The third kappa shape index (κ3) is 3.21. The van der Waals surface area contributed by atoms with Gasteiger partial charge in [0.1, 0.15) is 5.82 Å².